The summed E-state index contributed by atoms with van der Waals surface area (Å²) in [7, 11) is 0. The molecule has 0 aliphatic rings. The van der Waals surface area contributed by atoms with Gasteiger partial charge in [-0.1, -0.05) is 24.8 Å². The zero-order valence-corrected chi connectivity index (χ0v) is 6.84. The van der Waals surface area contributed by atoms with E-state index in [1.165, 1.54) is 0 Å². The molecule has 0 aromatic carbocycles. The minimum absolute atomic E-state index is 0.0384. The van der Waals surface area contributed by atoms with E-state index in [0.717, 1.165) is 6.08 Å². The molecular formula is C7H5ClN2O2. The Morgan fingerprint density at radius 2 is 2.17 bits per heavy atom. The number of hydrogen-bond acceptors (Lipinski definition) is 3. The lowest BCUT2D eigenvalue weighted by molar-refractivity contribution is -0.419. The molecule has 62 valence electrons. The standard InChI is InChI=1S/C7H5ClN2O2/c1-5(4-9)3-7(6(2)8)10(11)12/h3H,1-2H2/b7-3+. The summed E-state index contributed by atoms with van der Waals surface area (Å²) in [5, 5.41) is 18.3. The zero-order chi connectivity index (χ0) is 9.72. The molecule has 0 saturated heterocycles. The monoisotopic (exact) mass is 184 g/mol. The van der Waals surface area contributed by atoms with Gasteiger partial charge in [-0.25, -0.2) is 0 Å². The molecule has 0 fully saturated rings. The molecule has 0 spiro atoms. The Labute approximate surface area is 74.2 Å². The summed E-state index contributed by atoms with van der Waals surface area (Å²) in [4.78, 5) is 9.51. The molecule has 0 bridgehead atoms. The van der Waals surface area contributed by atoms with E-state index in [1.54, 1.807) is 6.07 Å². The summed E-state index contributed by atoms with van der Waals surface area (Å²) in [6.07, 6.45) is 0.968. The molecule has 12 heavy (non-hydrogen) atoms. The number of nitro groups is 1. The van der Waals surface area contributed by atoms with Crippen LogP contribution in [0.4, 0.5) is 0 Å². The van der Waals surface area contributed by atoms with E-state index < -0.39 is 10.6 Å². The molecule has 5 heteroatoms. The number of allylic oxidation sites excluding steroid dienone is 3. The highest BCUT2D eigenvalue weighted by Crippen LogP contribution is 2.14. The van der Waals surface area contributed by atoms with Crippen molar-refractivity contribution in [1.29, 1.82) is 5.26 Å². The fourth-order valence-electron chi connectivity index (χ4n) is 0.427. The third-order valence-electron chi connectivity index (χ3n) is 0.929. The predicted octanol–water partition coefficient (Wildman–Crippen LogP) is 1.98. The molecule has 0 rings (SSSR count). The van der Waals surface area contributed by atoms with Crippen molar-refractivity contribution in [2.24, 2.45) is 0 Å². The quantitative estimate of drug-likeness (QED) is 0.292. The van der Waals surface area contributed by atoms with E-state index in [-0.39, 0.29) is 10.6 Å². The van der Waals surface area contributed by atoms with E-state index in [2.05, 4.69) is 13.2 Å². The van der Waals surface area contributed by atoms with E-state index in [4.69, 9.17) is 16.9 Å². The van der Waals surface area contributed by atoms with Gasteiger partial charge in [0.1, 0.15) is 5.03 Å². The van der Waals surface area contributed by atoms with Gasteiger partial charge in [-0.2, -0.15) is 5.26 Å². The molecular weight excluding hydrogens is 180 g/mol. The first-order chi connectivity index (χ1) is 5.49. The maximum absolute atomic E-state index is 10.2. The Hall–Kier alpha value is -1.60. The number of nitriles is 1. The summed E-state index contributed by atoms with van der Waals surface area (Å²) in [5.74, 6) is 0. The molecule has 0 aromatic heterocycles. The van der Waals surface area contributed by atoms with Crippen molar-refractivity contribution >= 4 is 11.6 Å². The van der Waals surface area contributed by atoms with Gasteiger partial charge in [-0.15, -0.1) is 0 Å². The minimum Gasteiger partial charge on any atom is -0.258 e. The van der Waals surface area contributed by atoms with E-state index in [0.29, 0.717) is 0 Å². The van der Waals surface area contributed by atoms with Crippen LogP contribution in [0.25, 0.3) is 0 Å². The highest BCUT2D eigenvalue weighted by atomic mass is 35.5. The molecule has 0 unspecified atom stereocenters. The van der Waals surface area contributed by atoms with Crippen molar-refractivity contribution in [3.63, 3.8) is 0 Å². The van der Waals surface area contributed by atoms with Crippen LogP contribution in [0.1, 0.15) is 0 Å². The second kappa shape index (κ2) is 4.31. The Kier molecular flexibility index (Phi) is 3.74. The zero-order valence-electron chi connectivity index (χ0n) is 6.08. The Morgan fingerprint density at radius 1 is 1.67 bits per heavy atom. The first-order valence-electron chi connectivity index (χ1n) is 2.79. The number of rotatable bonds is 3. The molecule has 0 amide bonds. The summed E-state index contributed by atoms with van der Waals surface area (Å²) >= 11 is 5.28. The van der Waals surface area contributed by atoms with Crippen LogP contribution in [-0.2, 0) is 0 Å². The lowest BCUT2D eigenvalue weighted by Crippen LogP contribution is -1.98. The van der Waals surface area contributed by atoms with E-state index in [1.807, 2.05) is 0 Å². The average Bonchev–Trinajstić information content (AvgIpc) is 1.98. The normalized spacial score (nSPS) is 10.2. The van der Waals surface area contributed by atoms with Gasteiger partial charge in [0, 0.05) is 6.08 Å². The number of nitrogens with zero attached hydrogens (tertiary/aromatic N) is 2. The fraction of sp³-hybridized carbons (Fsp3) is 0. The Bertz CT molecular complexity index is 296. The largest absolute Gasteiger partial charge is 0.288 e. The fourth-order valence-corrected chi connectivity index (χ4v) is 0.551. The summed E-state index contributed by atoms with van der Waals surface area (Å²) in [6.45, 7) is 6.41. The van der Waals surface area contributed by atoms with Crippen LogP contribution in [0.3, 0.4) is 0 Å². The van der Waals surface area contributed by atoms with Crippen molar-refractivity contribution in [2.45, 2.75) is 0 Å². The maximum atomic E-state index is 10.2. The van der Waals surface area contributed by atoms with Crippen LogP contribution >= 0.6 is 11.6 Å². The van der Waals surface area contributed by atoms with Crippen LogP contribution in [0.15, 0.2) is 35.5 Å². The second-order valence-corrected chi connectivity index (χ2v) is 2.28. The predicted molar refractivity (Wildman–Crippen MR) is 44.8 cm³/mol. The van der Waals surface area contributed by atoms with Crippen molar-refractivity contribution in [2.75, 3.05) is 0 Å². The van der Waals surface area contributed by atoms with E-state index >= 15 is 0 Å². The number of hydrogen-bond donors (Lipinski definition) is 0. The van der Waals surface area contributed by atoms with Gasteiger partial charge in [0.2, 0.25) is 0 Å². The molecule has 0 aromatic rings. The summed E-state index contributed by atoms with van der Waals surface area (Å²) < 4.78 is 0. The van der Waals surface area contributed by atoms with Crippen molar-refractivity contribution in [3.8, 4) is 6.07 Å². The van der Waals surface area contributed by atoms with Gasteiger partial charge in [0.25, 0.3) is 5.70 Å². The third kappa shape index (κ3) is 2.99. The molecule has 0 aliphatic carbocycles. The first-order valence-corrected chi connectivity index (χ1v) is 3.16. The summed E-state index contributed by atoms with van der Waals surface area (Å²) in [6, 6.07) is 1.63. The first kappa shape index (κ1) is 10.4. The van der Waals surface area contributed by atoms with Gasteiger partial charge in [0.15, 0.2) is 0 Å². The smallest absolute Gasteiger partial charge is 0.258 e. The van der Waals surface area contributed by atoms with Gasteiger partial charge in [-0.05, 0) is 0 Å². The third-order valence-corrected chi connectivity index (χ3v) is 1.12. The molecule has 0 radical (unpaired) electrons. The van der Waals surface area contributed by atoms with Gasteiger partial charge < -0.3 is 0 Å². The van der Waals surface area contributed by atoms with Crippen LogP contribution in [0.2, 0.25) is 0 Å². The van der Waals surface area contributed by atoms with Crippen LogP contribution in [0.5, 0.6) is 0 Å². The van der Waals surface area contributed by atoms with Crippen LogP contribution in [0, 0.1) is 21.4 Å². The topological polar surface area (TPSA) is 66.9 Å². The minimum atomic E-state index is -0.724. The van der Waals surface area contributed by atoms with Crippen molar-refractivity contribution in [1.82, 2.24) is 0 Å². The van der Waals surface area contributed by atoms with Crippen molar-refractivity contribution < 1.29 is 4.92 Å². The van der Waals surface area contributed by atoms with Gasteiger partial charge >= 0.3 is 0 Å². The van der Waals surface area contributed by atoms with Crippen molar-refractivity contribution in [3.05, 3.63) is 45.7 Å². The Morgan fingerprint density at radius 3 is 2.42 bits per heavy atom. The molecule has 0 heterocycles. The summed E-state index contributed by atoms with van der Waals surface area (Å²) in [5.41, 5.74) is -0.452. The van der Waals surface area contributed by atoms with Crippen LogP contribution in [-0.4, -0.2) is 4.92 Å². The van der Waals surface area contributed by atoms with Gasteiger partial charge in [-0.3, -0.25) is 10.1 Å². The second-order valence-electron chi connectivity index (χ2n) is 1.83. The van der Waals surface area contributed by atoms with Gasteiger partial charge in [0.05, 0.1) is 16.6 Å². The lowest BCUT2D eigenvalue weighted by atomic mass is 10.2. The number of halogens is 1. The highest BCUT2D eigenvalue weighted by Gasteiger charge is 2.13. The Balaban J connectivity index is 4.90. The molecule has 0 saturated carbocycles. The van der Waals surface area contributed by atoms with Crippen LogP contribution < -0.4 is 0 Å². The lowest BCUT2D eigenvalue weighted by Gasteiger charge is -1.92. The molecule has 0 aliphatic heterocycles. The highest BCUT2D eigenvalue weighted by molar-refractivity contribution is 6.31. The van der Waals surface area contributed by atoms with E-state index in [9.17, 15) is 10.1 Å². The maximum Gasteiger partial charge on any atom is 0.288 e. The molecule has 4 nitrogen and oxygen atoms in total. The molecule has 0 N–H and O–H groups in total. The average molecular weight is 185 g/mol. The molecule has 0 atom stereocenters. The SMILES string of the molecule is C=C(C#N)/C=C(\C(=C)Cl)[N+](=O)[O-].